The Bertz CT molecular complexity index is 387. The first-order chi connectivity index (χ1) is 8.13. The lowest BCUT2D eigenvalue weighted by atomic mass is 10.0. The smallest absolute Gasteiger partial charge is 0.120 e. The highest BCUT2D eigenvalue weighted by Gasteiger charge is 2.28. The summed E-state index contributed by atoms with van der Waals surface area (Å²) in [7, 11) is 1.64. The average Bonchev–Trinajstić information content (AvgIpc) is 2.75. The maximum absolute atomic E-state index is 5.97. The van der Waals surface area contributed by atoms with Gasteiger partial charge in [0, 0.05) is 30.4 Å². The van der Waals surface area contributed by atoms with Crippen molar-refractivity contribution in [1.29, 1.82) is 0 Å². The molecule has 1 fully saturated rings. The van der Waals surface area contributed by atoms with Gasteiger partial charge in [-0.15, -0.1) is 0 Å². The normalized spacial score (nSPS) is 23.9. The van der Waals surface area contributed by atoms with Gasteiger partial charge in [0.25, 0.3) is 0 Å². The summed E-state index contributed by atoms with van der Waals surface area (Å²) < 4.78 is 10.5. The van der Waals surface area contributed by atoms with Crippen LogP contribution in [0.3, 0.4) is 0 Å². The summed E-state index contributed by atoms with van der Waals surface area (Å²) in [5, 5.41) is 3.51. The molecule has 1 aliphatic heterocycles. The minimum atomic E-state index is 0.0758. The fourth-order valence-electron chi connectivity index (χ4n) is 1.98. The Morgan fingerprint density at radius 1 is 1.53 bits per heavy atom. The van der Waals surface area contributed by atoms with Crippen LogP contribution >= 0.6 is 0 Å². The molecule has 0 saturated carbocycles. The fraction of sp³-hybridized carbons (Fsp3) is 0.538. The van der Waals surface area contributed by atoms with E-state index in [1.165, 1.54) is 0 Å². The van der Waals surface area contributed by atoms with Crippen LogP contribution in [0.5, 0.6) is 5.75 Å². The maximum Gasteiger partial charge on any atom is 0.120 e. The molecule has 1 aromatic rings. The van der Waals surface area contributed by atoms with Gasteiger partial charge in [-0.25, -0.2) is 0 Å². The van der Waals surface area contributed by atoms with Crippen molar-refractivity contribution >= 4 is 5.69 Å². The van der Waals surface area contributed by atoms with Crippen molar-refractivity contribution in [2.24, 2.45) is 0 Å². The van der Waals surface area contributed by atoms with Gasteiger partial charge in [0.05, 0.1) is 13.7 Å². The predicted molar refractivity (Wildman–Crippen MR) is 68.1 cm³/mol. The van der Waals surface area contributed by atoms with E-state index in [0.717, 1.165) is 43.2 Å². The summed E-state index contributed by atoms with van der Waals surface area (Å²) in [6.45, 7) is 4.54. The molecule has 0 aromatic heterocycles. The van der Waals surface area contributed by atoms with Gasteiger partial charge in [0.15, 0.2) is 0 Å². The van der Waals surface area contributed by atoms with E-state index in [1.807, 2.05) is 18.2 Å². The van der Waals surface area contributed by atoms with Crippen LogP contribution in [0.4, 0.5) is 5.69 Å². The van der Waals surface area contributed by atoms with Gasteiger partial charge in [-0.05, 0) is 25.0 Å². The first kappa shape index (κ1) is 12.2. The van der Waals surface area contributed by atoms with E-state index in [0.29, 0.717) is 0 Å². The summed E-state index contributed by atoms with van der Waals surface area (Å²) in [6.07, 6.45) is 1.04. The van der Waals surface area contributed by atoms with Gasteiger partial charge >= 0.3 is 0 Å². The summed E-state index contributed by atoms with van der Waals surface area (Å²) in [5.41, 5.74) is 7.91. The van der Waals surface area contributed by atoms with Crippen molar-refractivity contribution in [2.75, 3.05) is 26.1 Å². The molecular weight excluding hydrogens is 216 g/mol. The lowest BCUT2D eigenvalue weighted by molar-refractivity contribution is 0.171. The lowest BCUT2D eigenvalue weighted by Crippen LogP contribution is -2.42. The molecule has 1 aromatic carbocycles. The number of hydrogen-bond acceptors (Lipinski definition) is 4. The Hall–Kier alpha value is -1.26. The molecule has 4 heteroatoms. The Labute approximate surface area is 102 Å². The third-order valence-electron chi connectivity index (χ3n) is 3.28. The van der Waals surface area contributed by atoms with Crippen LogP contribution in [0.2, 0.25) is 0 Å². The van der Waals surface area contributed by atoms with Crippen LogP contribution in [0, 0.1) is 0 Å². The molecular formula is C13H20N2O2. The molecule has 1 saturated heterocycles. The minimum absolute atomic E-state index is 0.0758. The maximum atomic E-state index is 5.97. The quantitative estimate of drug-likeness (QED) is 0.779. The fourth-order valence-corrected chi connectivity index (χ4v) is 1.98. The summed E-state index contributed by atoms with van der Waals surface area (Å²) in [4.78, 5) is 0. The van der Waals surface area contributed by atoms with Gasteiger partial charge < -0.3 is 20.5 Å². The molecule has 1 unspecified atom stereocenters. The van der Waals surface area contributed by atoms with E-state index in [9.17, 15) is 0 Å². The number of rotatable bonds is 4. The molecule has 2 rings (SSSR count). The summed E-state index contributed by atoms with van der Waals surface area (Å²) in [6, 6.07) is 5.78. The topological polar surface area (TPSA) is 56.5 Å². The molecule has 17 heavy (non-hydrogen) atoms. The number of anilines is 1. The zero-order valence-electron chi connectivity index (χ0n) is 10.5. The molecule has 3 N–H and O–H groups in total. The van der Waals surface area contributed by atoms with Crippen LogP contribution < -0.4 is 15.8 Å². The number of nitrogens with two attached hydrogens (primary N) is 1. The van der Waals surface area contributed by atoms with E-state index in [4.69, 9.17) is 15.2 Å². The second kappa shape index (κ2) is 4.94. The Morgan fingerprint density at radius 2 is 2.35 bits per heavy atom. The second-order valence-corrected chi connectivity index (χ2v) is 4.78. The van der Waals surface area contributed by atoms with E-state index in [1.54, 1.807) is 7.11 Å². The van der Waals surface area contributed by atoms with Crippen LogP contribution in [0.15, 0.2) is 18.2 Å². The second-order valence-electron chi connectivity index (χ2n) is 4.78. The molecule has 94 valence electrons. The van der Waals surface area contributed by atoms with Gasteiger partial charge in [0.1, 0.15) is 5.75 Å². The van der Waals surface area contributed by atoms with E-state index in [-0.39, 0.29) is 5.54 Å². The highest BCUT2D eigenvalue weighted by atomic mass is 16.5. The number of methoxy groups -OCH3 is 1. The zero-order valence-corrected chi connectivity index (χ0v) is 10.5. The van der Waals surface area contributed by atoms with Gasteiger partial charge in [-0.3, -0.25) is 0 Å². The average molecular weight is 236 g/mol. The third kappa shape index (κ3) is 2.90. The summed E-state index contributed by atoms with van der Waals surface area (Å²) >= 11 is 0. The SMILES string of the molecule is COc1ccc(CNC2(C)CCOC2)c(N)c1. The van der Waals surface area contributed by atoms with Crippen molar-refractivity contribution < 1.29 is 9.47 Å². The predicted octanol–water partition coefficient (Wildman–Crippen LogP) is 1.55. The molecule has 0 radical (unpaired) electrons. The van der Waals surface area contributed by atoms with Crippen molar-refractivity contribution in [2.45, 2.75) is 25.4 Å². The van der Waals surface area contributed by atoms with Crippen LogP contribution in [-0.2, 0) is 11.3 Å². The Morgan fingerprint density at radius 3 is 2.94 bits per heavy atom. The van der Waals surface area contributed by atoms with Crippen molar-refractivity contribution in [3.63, 3.8) is 0 Å². The van der Waals surface area contributed by atoms with E-state index in [2.05, 4.69) is 12.2 Å². The van der Waals surface area contributed by atoms with Gasteiger partial charge in [-0.2, -0.15) is 0 Å². The highest BCUT2D eigenvalue weighted by molar-refractivity contribution is 5.51. The molecule has 1 atom stereocenters. The van der Waals surface area contributed by atoms with E-state index < -0.39 is 0 Å². The Balaban J connectivity index is 1.99. The molecule has 1 aliphatic rings. The number of ether oxygens (including phenoxy) is 2. The van der Waals surface area contributed by atoms with Crippen molar-refractivity contribution in [1.82, 2.24) is 5.32 Å². The highest BCUT2D eigenvalue weighted by Crippen LogP contribution is 2.22. The van der Waals surface area contributed by atoms with Gasteiger partial charge in [-0.1, -0.05) is 6.07 Å². The third-order valence-corrected chi connectivity index (χ3v) is 3.28. The molecule has 0 bridgehead atoms. The number of benzene rings is 1. The number of nitrogen functional groups attached to an aromatic ring is 1. The lowest BCUT2D eigenvalue weighted by Gasteiger charge is -2.24. The monoisotopic (exact) mass is 236 g/mol. The zero-order chi connectivity index (χ0) is 12.3. The van der Waals surface area contributed by atoms with Crippen molar-refractivity contribution in [3.05, 3.63) is 23.8 Å². The standard InChI is InChI=1S/C13H20N2O2/c1-13(5-6-17-9-13)15-8-10-3-4-11(16-2)7-12(10)14/h3-4,7,15H,5-6,8-9,14H2,1-2H3. The van der Waals surface area contributed by atoms with Crippen LogP contribution in [0.25, 0.3) is 0 Å². The first-order valence-corrected chi connectivity index (χ1v) is 5.88. The molecule has 1 heterocycles. The first-order valence-electron chi connectivity index (χ1n) is 5.88. The van der Waals surface area contributed by atoms with Crippen LogP contribution in [-0.4, -0.2) is 25.9 Å². The van der Waals surface area contributed by atoms with Gasteiger partial charge in [0.2, 0.25) is 0 Å². The number of nitrogens with one attached hydrogen (secondary N) is 1. The van der Waals surface area contributed by atoms with Crippen molar-refractivity contribution in [3.8, 4) is 5.75 Å². The summed E-state index contributed by atoms with van der Waals surface area (Å²) in [5.74, 6) is 0.793. The van der Waals surface area contributed by atoms with E-state index >= 15 is 0 Å². The molecule has 0 amide bonds. The number of hydrogen-bond donors (Lipinski definition) is 2. The molecule has 4 nitrogen and oxygen atoms in total. The largest absolute Gasteiger partial charge is 0.497 e. The van der Waals surface area contributed by atoms with Crippen LogP contribution in [0.1, 0.15) is 18.9 Å². The minimum Gasteiger partial charge on any atom is -0.497 e. The Kier molecular flexibility index (Phi) is 3.54. The molecule has 0 aliphatic carbocycles. The molecule has 0 spiro atoms.